The predicted octanol–water partition coefficient (Wildman–Crippen LogP) is 4.99. The predicted molar refractivity (Wildman–Crippen MR) is 105 cm³/mol. The quantitative estimate of drug-likeness (QED) is 0.556. The van der Waals surface area contributed by atoms with Gasteiger partial charge < -0.3 is 5.32 Å². The highest BCUT2D eigenvalue weighted by Crippen LogP contribution is 2.18. The van der Waals surface area contributed by atoms with E-state index in [0.29, 0.717) is 22.9 Å². The van der Waals surface area contributed by atoms with Crippen molar-refractivity contribution in [1.29, 1.82) is 0 Å². The van der Waals surface area contributed by atoms with Crippen LogP contribution in [0.1, 0.15) is 15.9 Å². The van der Waals surface area contributed by atoms with Crippen molar-refractivity contribution >= 4 is 34.1 Å². The molecule has 0 spiro atoms. The number of anilines is 1. The third-order valence-electron chi connectivity index (χ3n) is 4.19. The number of rotatable bonds is 4. The summed E-state index contributed by atoms with van der Waals surface area (Å²) >= 11 is 6.04. The second kappa shape index (κ2) is 7.02. The molecule has 4 aromatic rings. The van der Waals surface area contributed by atoms with Gasteiger partial charge in [0.25, 0.3) is 5.91 Å². The SMILES string of the molecule is O=C(Nc1ccnn1Cc1cccc(Cl)c1)c1ccc2ccccc2c1. The van der Waals surface area contributed by atoms with Crippen LogP contribution in [0.3, 0.4) is 0 Å². The number of benzene rings is 3. The Bertz CT molecular complexity index is 1090. The van der Waals surface area contributed by atoms with E-state index in [2.05, 4.69) is 10.4 Å². The van der Waals surface area contributed by atoms with Gasteiger partial charge in [-0.1, -0.05) is 54.1 Å². The molecule has 0 unspecified atom stereocenters. The van der Waals surface area contributed by atoms with Crippen LogP contribution in [0.15, 0.2) is 79.0 Å². The molecule has 0 saturated heterocycles. The van der Waals surface area contributed by atoms with Crippen LogP contribution in [0.4, 0.5) is 5.82 Å². The fraction of sp³-hybridized carbons (Fsp3) is 0.0476. The first kappa shape index (κ1) is 16.4. The third-order valence-corrected chi connectivity index (χ3v) is 4.43. The van der Waals surface area contributed by atoms with Crippen LogP contribution in [0, 0.1) is 0 Å². The van der Waals surface area contributed by atoms with Crippen molar-refractivity contribution in [1.82, 2.24) is 9.78 Å². The van der Waals surface area contributed by atoms with Crippen molar-refractivity contribution < 1.29 is 4.79 Å². The van der Waals surface area contributed by atoms with Crippen LogP contribution < -0.4 is 5.32 Å². The fourth-order valence-electron chi connectivity index (χ4n) is 2.89. The molecular formula is C21H16ClN3O. The number of nitrogens with zero attached hydrogens (tertiary/aromatic N) is 2. The lowest BCUT2D eigenvalue weighted by Crippen LogP contribution is -2.16. The van der Waals surface area contributed by atoms with E-state index < -0.39 is 0 Å². The molecule has 1 heterocycles. The minimum absolute atomic E-state index is 0.163. The lowest BCUT2D eigenvalue weighted by Gasteiger charge is -2.10. The van der Waals surface area contributed by atoms with E-state index in [9.17, 15) is 4.79 Å². The summed E-state index contributed by atoms with van der Waals surface area (Å²) in [6, 6.07) is 23.0. The molecule has 1 aromatic heterocycles. The summed E-state index contributed by atoms with van der Waals surface area (Å²) in [5.74, 6) is 0.478. The average Bonchev–Trinajstić information content (AvgIpc) is 3.08. The Hall–Kier alpha value is -3.11. The highest BCUT2D eigenvalue weighted by molar-refractivity contribution is 6.30. The van der Waals surface area contributed by atoms with E-state index in [0.717, 1.165) is 16.3 Å². The Labute approximate surface area is 156 Å². The molecule has 0 fully saturated rings. The molecule has 0 aliphatic rings. The summed E-state index contributed by atoms with van der Waals surface area (Å²) in [7, 11) is 0. The highest BCUT2D eigenvalue weighted by Gasteiger charge is 2.10. The minimum Gasteiger partial charge on any atom is -0.307 e. The molecular weight excluding hydrogens is 346 g/mol. The summed E-state index contributed by atoms with van der Waals surface area (Å²) in [5.41, 5.74) is 1.63. The van der Waals surface area contributed by atoms with E-state index >= 15 is 0 Å². The number of aromatic nitrogens is 2. The maximum absolute atomic E-state index is 12.6. The molecule has 0 saturated carbocycles. The van der Waals surface area contributed by atoms with Crippen LogP contribution >= 0.6 is 11.6 Å². The van der Waals surface area contributed by atoms with Gasteiger partial charge in [0.1, 0.15) is 5.82 Å². The van der Waals surface area contributed by atoms with Gasteiger partial charge in [0.15, 0.2) is 0 Å². The van der Waals surface area contributed by atoms with Gasteiger partial charge in [0.2, 0.25) is 0 Å². The molecule has 128 valence electrons. The summed E-state index contributed by atoms with van der Waals surface area (Å²) in [4.78, 5) is 12.6. The molecule has 0 atom stereocenters. The van der Waals surface area contributed by atoms with Gasteiger partial charge in [-0.3, -0.25) is 4.79 Å². The largest absolute Gasteiger partial charge is 0.307 e. The van der Waals surface area contributed by atoms with Crippen LogP contribution in [0.25, 0.3) is 10.8 Å². The summed E-state index contributed by atoms with van der Waals surface area (Å²) in [5, 5.41) is 10.1. The Morgan fingerprint density at radius 2 is 1.81 bits per heavy atom. The van der Waals surface area contributed by atoms with Crippen molar-refractivity contribution in [2.45, 2.75) is 6.54 Å². The van der Waals surface area contributed by atoms with Crippen molar-refractivity contribution in [3.63, 3.8) is 0 Å². The van der Waals surface area contributed by atoms with E-state index in [-0.39, 0.29) is 5.91 Å². The van der Waals surface area contributed by atoms with Crippen molar-refractivity contribution in [2.24, 2.45) is 0 Å². The smallest absolute Gasteiger partial charge is 0.256 e. The number of hydrogen-bond donors (Lipinski definition) is 1. The Kier molecular flexibility index (Phi) is 4.42. The van der Waals surface area contributed by atoms with Crippen molar-refractivity contribution in [3.8, 4) is 0 Å². The molecule has 1 amide bonds. The van der Waals surface area contributed by atoms with E-state index in [1.807, 2.05) is 66.7 Å². The van der Waals surface area contributed by atoms with Gasteiger partial charge in [0, 0.05) is 16.7 Å². The number of hydrogen-bond acceptors (Lipinski definition) is 2. The van der Waals surface area contributed by atoms with E-state index in [1.165, 1.54) is 0 Å². The van der Waals surface area contributed by atoms with Crippen LogP contribution in [0.5, 0.6) is 0 Å². The summed E-state index contributed by atoms with van der Waals surface area (Å²) in [6.45, 7) is 0.529. The number of carbonyl (C=O) groups is 1. The maximum Gasteiger partial charge on any atom is 0.256 e. The summed E-state index contributed by atoms with van der Waals surface area (Å²) < 4.78 is 1.74. The number of amides is 1. The molecule has 26 heavy (non-hydrogen) atoms. The van der Waals surface area contributed by atoms with Gasteiger partial charge in [-0.15, -0.1) is 0 Å². The van der Waals surface area contributed by atoms with Gasteiger partial charge in [-0.25, -0.2) is 4.68 Å². The van der Waals surface area contributed by atoms with E-state index in [1.54, 1.807) is 16.9 Å². The summed E-state index contributed by atoms with van der Waals surface area (Å²) in [6.07, 6.45) is 1.67. The topological polar surface area (TPSA) is 46.9 Å². The molecule has 1 N–H and O–H groups in total. The average molecular weight is 362 g/mol. The monoisotopic (exact) mass is 361 g/mol. The van der Waals surface area contributed by atoms with Crippen LogP contribution in [0.2, 0.25) is 5.02 Å². The molecule has 3 aromatic carbocycles. The van der Waals surface area contributed by atoms with Gasteiger partial charge in [-0.2, -0.15) is 5.10 Å². The molecule has 0 aliphatic heterocycles. The molecule has 0 bridgehead atoms. The lowest BCUT2D eigenvalue weighted by molar-refractivity contribution is 0.102. The van der Waals surface area contributed by atoms with Crippen LogP contribution in [-0.4, -0.2) is 15.7 Å². The second-order valence-corrected chi connectivity index (χ2v) is 6.46. The second-order valence-electron chi connectivity index (χ2n) is 6.02. The Morgan fingerprint density at radius 3 is 2.65 bits per heavy atom. The molecule has 5 heteroatoms. The zero-order valence-corrected chi connectivity index (χ0v) is 14.6. The normalized spacial score (nSPS) is 10.8. The zero-order valence-electron chi connectivity index (χ0n) is 13.9. The standard InChI is InChI=1S/C21H16ClN3O/c22-19-7-3-4-15(12-19)14-25-20(10-11-23-25)24-21(26)18-9-8-16-5-1-2-6-17(16)13-18/h1-13H,14H2,(H,24,26). The zero-order chi connectivity index (χ0) is 17.9. The first-order valence-electron chi connectivity index (χ1n) is 8.25. The van der Waals surface area contributed by atoms with Gasteiger partial charge >= 0.3 is 0 Å². The highest BCUT2D eigenvalue weighted by atomic mass is 35.5. The van der Waals surface area contributed by atoms with E-state index in [4.69, 9.17) is 11.6 Å². The minimum atomic E-state index is -0.163. The van der Waals surface area contributed by atoms with Gasteiger partial charge in [0.05, 0.1) is 12.7 Å². The Balaban J connectivity index is 1.55. The number of fused-ring (bicyclic) bond motifs is 1. The number of nitrogens with one attached hydrogen (secondary N) is 1. The lowest BCUT2D eigenvalue weighted by atomic mass is 10.1. The molecule has 4 rings (SSSR count). The first-order valence-corrected chi connectivity index (χ1v) is 8.63. The molecule has 0 aliphatic carbocycles. The molecule has 0 radical (unpaired) electrons. The van der Waals surface area contributed by atoms with Crippen molar-refractivity contribution in [2.75, 3.05) is 5.32 Å². The van der Waals surface area contributed by atoms with Gasteiger partial charge in [-0.05, 0) is 40.6 Å². The molecule has 4 nitrogen and oxygen atoms in total. The number of carbonyl (C=O) groups excluding carboxylic acids is 1. The fourth-order valence-corrected chi connectivity index (χ4v) is 3.11. The first-order chi connectivity index (χ1) is 12.7. The van der Waals surface area contributed by atoms with Crippen molar-refractivity contribution in [3.05, 3.63) is 95.1 Å². The Morgan fingerprint density at radius 1 is 0.962 bits per heavy atom. The van der Waals surface area contributed by atoms with Crippen LogP contribution in [-0.2, 0) is 6.54 Å². The number of halogens is 1. The maximum atomic E-state index is 12.6. The third kappa shape index (κ3) is 3.46.